The second-order valence-electron chi connectivity index (χ2n) is 5.18. The Morgan fingerprint density at radius 2 is 1.96 bits per heavy atom. The standard InChI is InChI=1S/C15H17F3O4S/c1-11-12(9-10-21-23(19,20)15(16,17)18)7-8-14(22-11)13-5-3-2-4-6-13/h2-6,9,11,14H,7-8,10H2,1H3. The fourth-order valence-electron chi connectivity index (χ4n) is 2.38. The molecule has 0 amide bonds. The van der Waals surface area contributed by atoms with Gasteiger partial charge in [0.2, 0.25) is 0 Å². The Balaban J connectivity index is 1.94. The molecule has 0 bridgehead atoms. The Bertz CT molecular complexity index is 653. The molecule has 2 unspecified atom stereocenters. The molecule has 1 aliphatic heterocycles. The van der Waals surface area contributed by atoms with Gasteiger partial charge in [-0.2, -0.15) is 21.6 Å². The van der Waals surface area contributed by atoms with Crippen LogP contribution in [0.15, 0.2) is 42.0 Å². The molecule has 1 fully saturated rings. The third-order valence-corrected chi connectivity index (χ3v) is 4.62. The predicted octanol–water partition coefficient (Wildman–Crippen LogP) is 3.72. The van der Waals surface area contributed by atoms with E-state index in [-0.39, 0.29) is 12.2 Å². The van der Waals surface area contributed by atoms with Crippen molar-refractivity contribution >= 4 is 10.1 Å². The maximum absolute atomic E-state index is 12.2. The van der Waals surface area contributed by atoms with E-state index in [1.807, 2.05) is 30.3 Å². The van der Waals surface area contributed by atoms with Crippen LogP contribution in [0.4, 0.5) is 13.2 Å². The van der Waals surface area contributed by atoms with Crippen LogP contribution in [0.2, 0.25) is 0 Å². The summed E-state index contributed by atoms with van der Waals surface area (Å²) in [4.78, 5) is 0. The highest BCUT2D eigenvalue weighted by Gasteiger charge is 2.47. The van der Waals surface area contributed by atoms with Crippen molar-refractivity contribution in [1.29, 1.82) is 0 Å². The van der Waals surface area contributed by atoms with E-state index in [2.05, 4.69) is 4.18 Å². The lowest BCUT2D eigenvalue weighted by Gasteiger charge is -2.30. The molecule has 23 heavy (non-hydrogen) atoms. The van der Waals surface area contributed by atoms with Crippen molar-refractivity contribution in [2.45, 2.75) is 37.5 Å². The molecule has 128 valence electrons. The van der Waals surface area contributed by atoms with Gasteiger partial charge in [-0.1, -0.05) is 36.4 Å². The molecule has 0 radical (unpaired) electrons. The Labute approximate surface area is 133 Å². The number of halogens is 3. The van der Waals surface area contributed by atoms with Crippen LogP contribution in [0.5, 0.6) is 0 Å². The Hall–Kier alpha value is -1.38. The summed E-state index contributed by atoms with van der Waals surface area (Å²) in [7, 11) is -5.56. The largest absolute Gasteiger partial charge is 0.523 e. The van der Waals surface area contributed by atoms with Crippen molar-refractivity contribution in [1.82, 2.24) is 0 Å². The van der Waals surface area contributed by atoms with E-state index >= 15 is 0 Å². The van der Waals surface area contributed by atoms with Gasteiger partial charge in [-0.15, -0.1) is 0 Å². The average Bonchev–Trinajstić information content (AvgIpc) is 2.48. The lowest BCUT2D eigenvalue weighted by Crippen LogP contribution is -2.26. The van der Waals surface area contributed by atoms with Crippen molar-refractivity contribution in [3.05, 3.63) is 47.5 Å². The molecule has 2 rings (SSSR count). The lowest BCUT2D eigenvalue weighted by atomic mass is 9.95. The van der Waals surface area contributed by atoms with Gasteiger partial charge in [-0.05, 0) is 30.9 Å². The van der Waals surface area contributed by atoms with E-state index in [0.29, 0.717) is 12.8 Å². The fraction of sp³-hybridized carbons (Fsp3) is 0.467. The van der Waals surface area contributed by atoms with Crippen LogP contribution in [0, 0.1) is 0 Å². The first-order valence-electron chi connectivity index (χ1n) is 7.06. The topological polar surface area (TPSA) is 52.6 Å². The maximum Gasteiger partial charge on any atom is 0.523 e. The summed E-state index contributed by atoms with van der Waals surface area (Å²) in [5, 5.41) is 0. The maximum atomic E-state index is 12.2. The van der Waals surface area contributed by atoms with E-state index in [1.165, 1.54) is 6.08 Å². The number of hydrogen-bond donors (Lipinski definition) is 0. The molecule has 0 spiro atoms. The quantitative estimate of drug-likeness (QED) is 0.472. The van der Waals surface area contributed by atoms with E-state index < -0.39 is 22.2 Å². The Kier molecular flexibility index (Phi) is 5.49. The number of benzene rings is 1. The molecule has 8 heteroatoms. The first-order valence-corrected chi connectivity index (χ1v) is 8.46. The highest BCUT2D eigenvalue weighted by molar-refractivity contribution is 7.87. The van der Waals surface area contributed by atoms with Crippen LogP contribution in [0.3, 0.4) is 0 Å². The van der Waals surface area contributed by atoms with Crippen molar-refractivity contribution in [3.8, 4) is 0 Å². The molecule has 0 aromatic heterocycles. The number of hydrogen-bond acceptors (Lipinski definition) is 4. The normalized spacial score (nSPS) is 24.8. The van der Waals surface area contributed by atoms with Crippen LogP contribution in [-0.4, -0.2) is 26.6 Å². The number of ether oxygens (including phenoxy) is 1. The minimum Gasteiger partial charge on any atom is -0.366 e. The fourth-order valence-corrected chi connectivity index (χ4v) is 2.76. The Morgan fingerprint density at radius 1 is 1.30 bits per heavy atom. The van der Waals surface area contributed by atoms with E-state index in [4.69, 9.17) is 4.74 Å². The molecule has 0 aliphatic carbocycles. The first-order chi connectivity index (χ1) is 10.7. The summed E-state index contributed by atoms with van der Waals surface area (Å²) in [5.74, 6) is 0. The second-order valence-corrected chi connectivity index (χ2v) is 6.79. The zero-order valence-electron chi connectivity index (χ0n) is 12.4. The van der Waals surface area contributed by atoms with Gasteiger partial charge in [0, 0.05) is 0 Å². The third-order valence-electron chi connectivity index (χ3n) is 3.61. The second kappa shape index (κ2) is 7.02. The molecule has 1 aliphatic rings. The first kappa shape index (κ1) is 18.0. The van der Waals surface area contributed by atoms with Gasteiger partial charge in [0.25, 0.3) is 0 Å². The van der Waals surface area contributed by atoms with Crippen molar-refractivity contribution in [3.63, 3.8) is 0 Å². The van der Waals surface area contributed by atoms with E-state index in [0.717, 1.165) is 11.1 Å². The van der Waals surface area contributed by atoms with E-state index in [9.17, 15) is 21.6 Å². The molecule has 1 heterocycles. The van der Waals surface area contributed by atoms with Gasteiger partial charge in [-0.3, -0.25) is 4.18 Å². The highest BCUT2D eigenvalue weighted by Crippen LogP contribution is 2.34. The highest BCUT2D eigenvalue weighted by atomic mass is 32.2. The summed E-state index contributed by atoms with van der Waals surface area (Å²) in [6.07, 6.45) is 2.23. The van der Waals surface area contributed by atoms with E-state index in [1.54, 1.807) is 6.92 Å². The summed E-state index contributed by atoms with van der Waals surface area (Å²) in [6, 6.07) is 9.62. The summed E-state index contributed by atoms with van der Waals surface area (Å²) < 4.78 is 67.9. The summed E-state index contributed by atoms with van der Waals surface area (Å²) in [6.45, 7) is 1.13. The predicted molar refractivity (Wildman–Crippen MR) is 78.0 cm³/mol. The molecule has 2 atom stereocenters. The van der Waals surface area contributed by atoms with Crippen molar-refractivity contribution in [2.75, 3.05) is 6.61 Å². The molecule has 1 saturated heterocycles. The molecule has 0 saturated carbocycles. The Morgan fingerprint density at radius 3 is 2.52 bits per heavy atom. The minimum absolute atomic E-state index is 0.0804. The smallest absolute Gasteiger partial charge is 0.366 e. The van der Waals surface area contributed by atoms with Crippen LogP contribution in [0.25, 0.3) is 0 Å². The molecule has 1 aromatic carbocycles. The van der Waals surface area contributed by atoms with Crippen molar-refractivity contribution in [2.24, 2.45) is 0 Å². The number of rotatable bonds is 4. The van der Waals surface area contributed by atoms with Crippen LogP contribution >= 0.6 is 0 Å². The van der Waals surface area contributed by atoms with Gasteiger partial charge < -0.3 is 4.74 Å². The third kappa shape index (κ3) is 4.55. The molecular formula is C15H17F3O4S. The van der Waals surface area contributed by atoms with Crippen LogP contribution in [0.1, 0.15) is 31.4 Å². The summed E-state index contributed by atoms with van der Waals surface area (Å²) >= 11 is 0. The van der Waals surface area contributed by atoms with Gasteiger partial charge in [0.15, 0.2) is 0 Å². The minimum atomic E-state index is -5.56. The van der Waals surface area contributed by atoms with Crippen LogP contribution in [-0.2, 0) is 19.0 Å². The van der Waals surface area contributed by atoms with Gasteiger partial charge in [0.05, 0.1) is 18.8 Å². The monoisotopic (exact) mass is 350 g/mol. The van der Waals surface area contributed by atoms with Crippen molar-refractivity contribution < 1.29 is 30.5 Å². The molecule has 4 nitrogen and oxygen atoms in total. The van der Waals surface area contributed by atoms with Crippen LogP contribution < -0.4 is 0 Å². The van der Waals surface area contributed by atoms with Gasteiger partial charge in [-0.25, -0.2) is 0 Å². The lowest BCUT2D eigenvalue weighted by molar-refractivity contribution is -0.0535. The molecule has 0 N–H and O–H groups in total. The zero-order chi connectivity index (χ0) is 17.1. The van der Waals surface area contributed by atoms with Gasteiger partial charge in [0.1, 0.15) is 0 Å². The number of alkyl halides is 3. The average molecular weight is 350 g/mol. The SMILES string of the molecule is CC1OC(c2ccccc2)CCC1=CCOS(=O)(=O)C(F)(F)F. The molecular weight excluding hydrogens is 333 g/mol. The molecule has 1 aromatic rings. The zero-order valence-corrected chi connectivity index (χ0v) is 13.2. The van der Waals surface area contributed by atoms with Gasteiger partial charge >= 0.3 is 15.6 Å². The summed E-state index contributed by atoms with van der Waals surface area (Å²) in [5.41, 5.74) is -3.64.